The molecule has 3 heterocycles. The second-order valence-electron chi connectivity index (χ2n) is 6.15. The van der Waals surface area contributed by atoms with E-state index in [0.717, 1.165) is 16.8 Å². The zero-order valence-corrected chi connectivity index (χ0v) is 14.7. The highest BCUT2D eigenvalue weighted by Gasteiger charge is 2.21. The molecule has 0 aliphatic heterocycles. The molecule has 7 heteroatoms. The predicted octanol–water partition coefficient (Wildman–Crippen LogP) is 3.73. The minimum absolute atomic E-state index is 0.0174. The van der Waals surface area contributed by atoms with Gasteiger partial charge in [-0.25, -0.2) is 18.7 Å². The molecule has 0 fully saturated rings. The summed E-state index contributed by atoms with van der Waals surface area (Å²) >= 11 is 0. The fourth-order valence-corrected chi connectivity index (χ4v) is 3.17. The quantitative estimate of drug-likeness (QED) is 0.598. The summed E-state index contributed by atoms with van der Waals surface area (Å²) in [5.41, 5.74) is 2.52. The van der Waals surface area contributed by atoms with E-state index < -0.39 is 5.63 Å². The Labute approximate surface area is 153 Å². The molecule has 0 unspecified atom stereocenters. The first-order valence-electron chi connectivity index (χ1n) is 8.46. The average Bonchev–Trinajstić information content (AvgIpc) is 3.01. The largest absolute Gasteiger partial charge is 0.507 e. The molecule has 6 nitrogen and oxygen atoms in total. The van der Waals surface area contributed by atoms with Gasteiger partial charge >= 0.3 is 5.63 Å². The summed E-state index contributed by atoms with van der Waals surface area (Å²) in [5, 5.41) is 14.9. The van der Waals surface area contributed by atoms with Crippen molar-refractivity contribution in [3.05, 3.63) is 70.3 Å². The van der Waals surface area contributed by atoms with Crippen molar-refractivity contribution in [1.29, 1.82) is 0 Å². The van der Waals surface area contributed by atoms with Gasteiger partial charge in [-0.3, -0.25) is 0 Å². The summed E-state index contributed by atoms with van der Waals surface area (Å²) in [6, 6.07) is 9.06. The van der Waals surface area contributed by atoms with E-state index in [-0.39, 0.29) is 17.1 Å². The number of rotatable bonds is 3. The SMILES string of the molecule is CCc1nn2c(-c3c(O)cc(C)oc3=O)ccnc2c1-c1ccc(F)cc1. The molecule has 0 saturated heterocycles. The van der Waals surface area contributed by atoms with Crippen molar-refractivity contribution in [3.63, 3.8) is 0 Å². The first-order chi connectivity index (χ1) is 13.0. The Balaban J connectivity index is 2.04. The molecular weight excluding hydrogens is 349 g/mol. The van der Waals surface area contributed by atoms with Crippen LogP contribution in [0.4, 0.5) is 4.39 Å². The van der Waals surface area contributed by atoms with Gasteiger partial charge in [0, 0.05) is 17.8 Å². The van der Waals surface area contributed by atoms with Crippen molar-refractivity contribution < 1.29 is 13.9 Å². The fourth-order valence-electron chi connectivity index (χ4n) is 3.17. The van der Waals surface area contributed by atoms with Crippen LogP contribution in [0.2, 0.25) is 0 Å². The van der Waals surface area contributed by atoms with Gasteiger partial charge in [0.15, 0.2) is 5.65 Å². The first-order valence-corrected chi connectivity index (χ1v) is 8.46. The van der Waals surface area contributed by atoms with Gasteiger partial charge in [-0.05, 0) is 37.1 Å². The van der Waals surface area contributed by atoms with Crippen LogP contribution in [0.25, 0.3) is 28.0 Å². The van der Waals surface area contributed by atoms with Gasteiger partial charge in [0.05, 0.1) is 11.4 Å². The number of fused-ring (bicyclic) bond motifs is 1. The minimum atomic E-state index is -0.656. The maximum Gasteiger partial charge on any atom is 0.349 e. The summed E-state index contributed by atoms with van der Waals surface area (Å²) in [6.07, 6.45) is 2.15. The summed E-state index contributed by atoms with van der Waals surface area (Å²) in [4.78, 5) is 16.7. The van der Waals surface area contributed by atoms with Crippen LogP contribution in [-0.4, -0.2) is 19.7 Å². The van der Waals surface area contributed by atoms with E-state index in [1.54, 1.807) is 25.1 Å². The van der Waals surface area contributed by atoms with E-state index in [4.69, 9.17) is 4.42 Å². The number of benzene rings is 1. The van der Waals surface area contributed by atoms with Crippen LogP contribution in [-0.2, 0) is 6.42 Å². The molecule has 1 aromatic carbocycles. The number of halogens is 1. The maximum absolute atomic E-state index is 13.3. The summed E-state index contributed by atoms with van der Waals surface area (Å²) < 4.78 is 20.0. The third kappa shape index (κ3) is 2.77. The molecule has 136 valence electrons. The number of aryl methyl sites for hydroxylation is 2. The Kier molecular flexibility index (Phi) is 3.99. The van der Waals surface area contributed by atoms with Gasteiger partial charge in [0.2, 0.25) is 0 Å². The van der Waals surface area contributed by atoms with E-state index in [0.29, 0.717) is 23.5 Å². The van der Waals surface area contributed by atoms with Crippen LogP contribution in [0.5, 0.6) is 5.75 Å². The van der Waals surface area contributed by atoms with Crippen molar-refractivity contribution in [1.82, 2.24) is 14.6 Å². The predicted molar refractivity (Wildman–Crippen MR) is 98.1 cm³/mol. The minimum Gasteiger partial charge on any atom is -0.507 e. The van der Waals surface area contributed by atoms with Gasteiger partial charge in [-0.1, -0.05) is 19.1 Å². The van der Waals surface area contributed by atoms with Crippen LogP contribution < -0.4 is 5.63 Å². The van der Waals surface area contributed by atoms with E-state index >= 15 is 0 Å². The summed E-state index contributed by atoms with van der Waals surface area (Å²) in [6.45, 7) is 3.54. The lowest BCUT2D eigenvalue weighted by molar-refractivity contribution is 0.437. The van der Waals surface area contributed by atoms with E-state index in [1.165, 1.54) is 28.9 Å². The van der Waals surface area contributed by atoms with Crippen LogP contribution in [0.1, 0.15) is 18.4 Å². The lowest BCUT2D eigenvalue weighted by Gasteiger charge is -2.06. The van der Waals surface area contributed by atoms with E-state index in [9.17, 15) is 14.3 Å². The molecule has 0 spiro atoms. The summed E-state index contributed by atoms with van der Waals surface area (Å²) in [7, 11) is 0. The second-order valence-corrected chi connectivity index (χ2v) is 6.15. The third-order valence-corrected chi connectivity index (χ3v) is 4.37. The number of hydrogen-bond donors (Lipinski definition) is 1. The zero-order chi connectivity index (χ0) is 19.1. The van der Waals surface area contributed by atoms with Gasteiger partial charge in [0.25, 0.3) is 0 Å². The van der Waals surface area contributed by atoms with Crippen LogP contribution in [0.15, 0.2) is 51.8 Å². The molecule has 0 atom stereocenters. The highest BCUT2D eigenvalue weighted by Crippen LogP contribution is 2.32. The van der Waals surface area contributed by atoms with Gasteiger partial charge in [-0.2, -0.15) is 5.10 Å². The van der Waals surface area contributed by atoms with E-state index in [1.807, 2.05) is 6.92 Å². The molecule has 1 N–H and O–H groups in total. The fraction of sp³-hybridized carbons (Fsp3) is 0.150. The summed E-state index contributed by atoms with van der Waals surface area (Å²) in [5.74, 6) is -0.203. The number of hydrogen-bond acceptors (Lipinski definition) is 5. The smallest absolute Gasteiger partial charge is 0.349 e. The van der Waals surface area contributed by atoms with Crippen molar-refractivity contribution in [2.45, 2.75) is 20.3 Å². The highest BCUT2D eigenvalue weighted by atomic mass is 19.1. The average molecular weight is 365 g/mol. The van der Waals surface area contributed by atoms with Crippen molar-refractivity contribution >= 4 is 5.65 Å². The molecular formula is C20H16FN3O3. The second kappa shape index (κ2) is 6.35. The molecule has 27 heavy (non-hydrogen) atoms. The Bertz CT molecular complexity index is 1210. The number of nitrogens with zero attached hydrogens (tertiary/aromatic N) is 3. The van der Waals surface area contributed by atoms with Gasteiger partial charge in [0.1, 0.15) is 22.9 Å². The molecule has 4 rings (SSSR count). The van der Waals surface area contributed by atoms with E-state index in [2.05, 4.69) is 10.1 Å². The zero-order valence-electron chi connectivity index (χ0n) is 14.7. The Morgan fingerprint density at radius 1 is 1.19 bits per heavy atom. The molecule has 0 bridgehead atoms. The van der Waals surface area contributed by atoms with Crippen LogP contribution in [0.3, 0.4) is 0 Å². The number of aromatic nitrogens is 3. The third-order valence-electron chi connectivity index (χ3n) is 4.37. The molecule has 0 radical (unpaired) electrons. The molecule has 0 aliphatic rings. The Morgan fingerprint density at radius 3 is 2.59 bits per heavy atom. The van der Waals surface area contributed by atoms with Gasteiger partial charge in [-0.15, -0.1) is 0 Å². The molecule has 0 aliphatic carbocycles. The molecule has 4 aromatic rings. The van der Waals surface area contributed by atoms with Crippen LogP contribution in [0, 0.1) is 12.7 Å². The lowest BCUT2D eigenvalue weighted by atomic mass is 10.0. The number of aromatic hydroxyl groups is 1. The van der Waals surface area contributed by atoms with Crippen molar-refractivity contribution in [3.8, 4) is 28.1 Å². The normalized spacial score (nSPS) is 11.2. The molecule has 3 aromatic heterocycles. The first kappa shape index (κ1) is 17.0. The maximum atomic E-state index is 13.3. The monoisotopic (exact) mass is 365 g/mol. The van der Waals surface area contributed by atoms with Crippen molar-refractivity contribution in [2.24, 2.45) is 0 Å². The van der Waals surface area contributed by atoms with Crippen molar-refractivity contribution in [2.75, 3.05) is 0 Å². The Morgan fingerprint density at radius 2 is 1.93 bits per heavy atom. The molecule has 0 saturated carbocycles. The topological polar surface area (TPSA) is 80.6 Å². The highest BCUT2D eigenvalue weighted by molar-refractivity contribution is 5.82. The molecule has 0 amide bonds. The Hall–Kier alpha value is -3.48. The van der Waals surface area contributed by atoms with Crippen LogP contribution >= 0.6 is 0 Å². The van der Waals surface area contributed by atoms with Gasteiger partial charge < -0.3 is 9.52 Å². The lowest BCUT2D eigenvalue weighted by Crippen LogP contribution is -2.08. The standard InChI is InChI=1S/C20H16FN3O3/c1-3-14-17(12-4-6-13(21)7-5-12)19-22-9-8-15(24(19)23-14)18-16(25)10-11(2)27-20(18)26/h4-10,25H,3H2,1-2H3.